The van der Waals surface area contributed by atoms with Crippen LogP contribution in [-0.4, -0.2) is 26.8 Å². The van der Waals surface area contributed by atoms with Crippen LogP contribution < -0.4 is 14.9 Å². The fraction of sp³-hybridized carbons (Fsp3) is 0.0769. The fourth-order valence-corrected chi connectivity index (χ4v) is 5.88. The van der Waals surface area contributed by atoms with Crippen LogP contribution in [0.2, 0.25) is 5.02 Å². The van der Waals surface area contributed by atoms with E-state index in [-0.39, 0.29) is 22.7 Å². The molecule has 2 heterocycles. The summed E-state index contributed by atoms with van der Waals surface area (Å²) in [5.41, 5.74) is 1.96. The van der Waals surface area contributed by atoms with Crippen LogP contribution >= 0.6 is 11.6 Å². The van der Waals surface area contributed by atoms with Gasteiger partial charge in [-0.15, -0.1) is 0 Å². The summed E-state index contributed by atoms with van der Waals surface area (Å²) in [4.78, 5) is 25.9. The molecule has 36 heavy (non-hydrogen) atoms. The highest BCUT2D eigenvalue weighted by atomic mass is 35.5. The van der Waals surface area contributed by atoms with Crippen molar-refractivity contribution in [1.82, 2.24) is 5.32 Å². The van der Waals surface area contributed by atoms with Gasteiger partial charge in [0.25, 0.3) is 15.9 Å². The van der Waals surface area contributed by atoms with Crippen molar-refractivity contribution in [3.63, 3.8) is 0 Å². The Kier molecular flexibility index (Phi) is 6.26. The lowest BCUT2D eigenvalue weighted by molar-refractivity contribution is -0.114. The molecule has 0 saturated carbocycles. The summed E-state index contributed by atoms with van der Waals surface area (Å²) in [5.74, 6) is -0.439. The van der Waals surface area contributed by atoms with E-state index >= 15 is 0 Å². The van der Waals surface area contributed by atoms with E-state index in [2.05, 4.69) is 10.6 Å². The number of hydrogen-bond acceptors (Lipinski definition) is 5. The number of carbonyl (C=O) groups is 2. The average Bonchev–Trinajstić information content (AvgIpc) is 3.39. The van der Waals surface area contributed by atoms with Crippen LogP contribution in [0.3, 0.4) is 0 Å². The molecular weight excluding hydrogens is 502 g/mol. The molecular formula is C26H20ClN3O5S. The maximum Gasteiger partial charge on any atom is 0.265 e. The molecule has 0 fully saturated rings. The van der Waals surface area contributed by atoms with Gasteiger partial charge in [-0.3, -0.25) is 13.9 Å². The van der Waals surface area contributed by atoms with Crippen molar-refractivity contribution in [3.05, 3.63) is 101 Å². The third-order valence-electron chi connectivity index (χ3n) is 5.71. The van der Waals surface area contributed by atoms with E-state index in [1.54, 1.807) is 72.8 Å². The summed E-state index contributed by atoms with van der Waals surface area (Å²) in [6, 6.07) is 21.3. The Hall–Kier alpha value is -4.08. The second-order valence-corrected chi connectivity index (χ2v) is 10.3. The highest BCUT2D eigenvalue weighted by Crippen LogP contribution is 2.43. The van der Waals surface area contributed by atoms with Crippen LogP contribution in [0.5, 0.6) is 0 Å². The number of fused-ring (bicyclic) bond motifs is 3. The Morgan fingerprint density at radius 2 is 1.69 bits per heavy atom. The molecule has 2 amide bonds. The van der Waals surface area contributed by atoms with E-state index in [9.17, 15) is 18.0 Å². The van der Waals surface area contributed by atoms with Crippen LogP contribution in [0, 0.1) is 0 Å². The monoisotopic (exact) mass is 521 g/mol. The summed E-state index contributed by atoms with van der Waals surface area (Å²) in [5, 5.41) is 5.86. The van der Waals surface area contributed by atoms with Crippen molar-refractivity contribution in [2.24, 2.45) is 0 Å². The number of hydrogen-bond donors (Lipinski definition) is 2. The first-order chi connectivity index (χ1) is 17.3. The molecule has 0 unspecified atom stereocenters. The Morgan fingerprint density at radius 1 is 0.917 bits per heavy atom. The predicted octanol–water partition coefficient (Wildman–Crippen LogP) is 4.68. The zero-order chi connectivity index (χ0) is 25.3. The van der Waals surface area contributed by atoms with Gasteiger partial charge in [-0.05, 0) is 48.5 Å². The zero-order valence-electron chi connectivity index (χ0n) is 18.8. The second-order valence-electron chi connectivity index (χ2n) is 8.03. The molecule has 0 atom stereocenters. The van der Waals surface area contributed by atoms with Gasteiger partial charge >= 0.3 is 0 Å². The van der Waals surface area contributed by atoms with Crippen LogP contribution in [0.4, 0.5) is 11.4 Å². The predicted molar refractivity (Wildman–Crippen MR) is 136 cm³/mol. The lowest BCUT2D eigenvalue weighted by atomic mass is 10.0. The summed E-state index contributed by atoms with van der Waals surface area (Å²) in [7, 11) is -4.02. The van der Waals surface area contributed by atoms with Crippen molar-refractivity contribution < 1.29 is 22.4 Å². The van der Waals surface area contributed by atoms with Crippen LogP contribution in [0.15, 0.2) is 94.4 Å². The molecule has 0 radical (unpaired) electrons. The maximum atomic E-state index is 13.5. The zero-order valence-corrected chi connectivity index (χ0v) is 20.3. The molecule has 182 valence electrons. The minimum absolute atomic E-state index is 0.0882. The van der Waals surface area contributed by atoms with E-state index in [4.69, 9.17) is 16.0 Å². The van der Waals surface area contributed by atoms with Gasteiger partial charge in [0.2, 0.25) is 5.91 Å². The first-order valence-corrected chi connectivity index (χ1v) is 12.8. The van der Waals surface area contributed by atoms with Gasteiger partial charge < -0.3 is 15.1 Å². The number of nitrogens with zero attached hydrogens (tertiary/aromatic N) is 1. The topological polar surface area (TPSA) is 109 Å². The largest absolute Gasteiger partial charge is 0.467 e. The molecule has 5 rings (SSSR count). The van der Waals surface area contributed by atoms with Crippen LogP contribution in [0.1, 0.15) is 16.1 Å². The normalized spacial score (nSPS) is 13.4. The number of halogens is 1. The highest BCUT2D eigenvalue weighted by molar-refractivity contribution is 7.93. The van der Waals surface area contributed by atoms with E-state index in [0.29, 0.717) is 27.6 Å². The number of amides is 2. The van der Waals surface area contributed by atoms with Gasteiger partial charge in [0, 0.05) is 16.1 Å². The molecule has 1 aliphatic rings. The standard InChI is InChI=1S/C26H20ClN3O5S/c27-17-11-12-23-21(14-17)19-7-2-4-10-24(19)36(33,34)30(23)16-25(31)29-22-9-3-1-8-20(22)26(32)28-15-18-6-5-13-35-18/h1-14H,15-16H2,(H,28,32)(H,29,31). The molecule has 1 aromatic heterocycles. The first kappa shape index (κ1) is 23.7. The average molecular weight is 522 g/mol. The van der Waals surface area contributed by atoms with Gasteiger partial charge in [0.1, 0.15) is 12.3 Å². The minimum Gasteiger partial charge on any atom is -0.467 e. The van der Waals surface area contributed by atoms with E-state index in [1.165, 1.54) is 12.3 Å². The smallest absolute Gasteiger partial charge is 0.265 e. The van der Waals surface area contributed by atoms with E-state index in [0.717, 1.165) is 4.31 Å². The van der Waals surface area contributed by atoms with Crippen molar-refractivity contribution in [2.45, 2.75) is 11.4 Å². The van der Waals surface area contributed by atoms with Crippen molar-refractivity contribution in [1.29, 1.82) is 0 Å². The SMILES string of the molecule is O=C(CN1c2ccc(Cl)cc2-c2ccccc2S1(=O)=O)Nc1ccccc1C(=O)NCc1ccco1. The molecule has 0 spiro atoms. The highest BCUT2D eigenvalue weighted by Gasteiger charge is 2.36. The summed E-state index contributed by atoms with van der Waals surface area (Å²) < 4.78 is 33.2. The molecule has 0 aliphatic carbocycles. The Balaban J connectivity index is 1.40. The van der Waals surface area contributed by atoms with Crippen LogP contribution in [-0.2, 0) is 21.4 Å². The molecule has 10 heteroatoms. The third kappa shape index (κ3) is 4.46. The number of furan rings is 1. The summed E-state index contributed by atoms with van der Waals surface area (Å²) in [6.07, 6.45) is 1.51. The Bertz CT molecular complexity index is 1570. The number of nitrogens with one attached hydrogen (secondary N) is 2. The van der Waals surface area contributed by atoms with Crippen molar-refractivity contribution in [2.75, 3.05) is 16.2 Å². The van der Waals surface area contributed by atoms with Gasteiger partial charge in [-0.1, -0.05) is 41.9 Å². The molecule has 1 aliphatic heterocycles. The molecule has 3 aromatic carbocycles. The number of anilines is 2. The minimum atomic E-state index is -4.02. The number of sulfonamides is 1. The van der Waals surface area contributed by atoms with E-state index < -0.39 is 28.4 Å². The molecule has 0 saturated heterocycles. The lowest BCUT2D eigenvalue weighted by Gasteiger charge is -2.31. The van der Waals surface area contributed by atoms with Gasteiger partial charge in [-0.2, -0.15) is 0 Å². The summed E-state index contributed by atoms with van der Waals surface area (Å²) in [6.45, 7) is -0.313. The van der Waals surface area contributed by atoms with Crippen molar-refractivity contribution in [3.8, 4) is 11.1 Å². The van der Waals surface area contributed by atoms with Crippen LogP contribution in [0.25, 0.3) is 11.1 Å². The number of benzene rings is 3. The number of carbonyl (C=O) groups excluding carboxylic acids is 2. The Morgan fingerprint density at radius 3 is 2.50 bits per heavy atom. The lowest BCUT2D eigenvalue weighted by Crippen LogP contribution is -2.40. The Labute approximate surface area is 212 Å². The quantitative estimate of drug-likeness (QED) is 0.383. The number of para-hydroxylation sites is 1. The van der Waals surface area contributed by atoms with E-state index in [1.807, 2.05) is 0 Å². The first-order valence-electron chi connectivity index (χ1n) is 11.0. The van der Waals surface area contributed by atoms with Gasteiger partial charge in [0.15, 0.2) is 0 Å². The van der Waals surface area contributed by atoms with Gasteiger partial charge in [0.05, 0.1) is 34.6 Å². The second kappa shape index (κ2) is 9.52. The molecule has 0 bridgehead atoms. The van der Waals surface area contributed by atoms with Crippen molar-refractivity contribution >= 4 is 44.8 Å². The molecule has 4 aromatic rings. The molecule has 2 N–H and O–H groups in total. The third-order valence-corrected chi connectivity index (χ3v) is 7.76. The van der Waals surface area contributed by atoms with Gasteiger partial charge in [-0.25, -0.2) is 8.42 Å². The molecule has 8 nitrogen and oxygen atoms in total. The maximum absolute atomic E-state index is 13.5. The fourth-order valence-electron chi connectivity index (χ4n) is 4.06. The summed E-state index contributed by atoms with van der Waals surface area (Å²) >= 11 is 6.19. The number of rotatable bonds is 6.